The number of halogens is 1. The van der Waals surface area contributed by atoms with Gasteiger partial charge < -0.3 is 44.5 Å². The number of ether oxygens (including phenoxy) is 4. The second kappa shape index (κ2) is 21.3. The maximum Gasteiger partial charge on any atom is 0.255 e. The molecule has 4 heterocycles. The first kappa shape index (κ1) is 42.9. The molecule has 0 aliphatic carbocycles. The van der Waals surface area contributed by atoms with Crippen molar-refractivity contribution >= 4 is 45.8 Å². The highest BCUT2D eigenvalue weighted by atomic mass is 32.1. The number of piperazine rings is 1. The number of carbonyl (C=O) groups excluding carboxylic acids is 4. The fourth-order valence-corrected chi connectivity index (χ4v) is 7.98. The summed E-state index contributed by atoms with van der Waals surface area (Å²) in [7, 11) is 0. The number of hydrogen-bond acceptors (Lipinski definition) is 13. The fourth-order valence-electron chi connectivity index (χ4n) is 7.45. The number of carbonyl (C=O) groups is 4. The number of rotatable bonds is 21. The molecule has 0 bridgehead atoms. The number of phenolic OH excluding ortho intramolecular Hbond substituents is 1. The Morgan fingerprint density at radius 2 is 1.53 bits per heavy atom. The van der Waals surface area contributed by atoms with E-state index in [0.29, 0.717) is 82.5 Å². The molecule has 2 aromatic carbocycles. The second-order valence-electron chi connectivity index (χ2n) is 14.3. The van der Waals surface area contributed by atoms with E-state index in [-0.39, 0.29) is 42.7 Å². The number of piperidine rings is 1. The molecule has 0 radical (unpaired) electrons. The van der Waals surface area contributed by atoms with Crippen LogP contribution < -0.4 is 16.0 Å². The number of amides is 4. The van der Waals surface area contributed by atoms with E-state index in [4.69, 9.17) is 24.7 Å². The molecule has 1 aromatic heterocycles. The van der Waals surface area contributed by atoms with Crippen molar-refractivity contribution in [3.63, 3.8) is 0 Å². The van der Waals surface area contributed by atoms with Gasteiger partial charge in [0.2, 0.25) is 11.8 Å². The summed E-state index contributed by atoms with van der Waals surface area (Å²) < 4.78 is 36.1. The van der Waals surface area contributed by atoms with Gasteiger partial charge in [0.15, 0.2) is 5.13 Å². The maximum atomic E-state index is 14.4. The molecule has 18 heteroatoms. The zero-order valence-corrected chi connectivity index (χ0v) is 33.3. The molecule has 0 saturated carbocycles. The normalized spacial score (nSPS) is 16.8. The van der Waals surface area contributed by atoms with Crippen molar-refractivity contribution in [2.24, 2.45) is 5.73 Å². The average Bonchev–Trinajstić information content (AvgIpc) is 3.86. The molecule has 1 atom stereocenters. The Balaban J connectivity index is 0.893. The summed E-state index contributed by atoms with van der Waals surface area (Å²) in [6, 6.07) is 8.24. The monoisotopic (exact) mass is 825 g/mol. The third kappa shape index (κ3) is 11.7. The maximum absolute atomic E-state index is 14.4. The van der Waals surface area contributed by atoms with Gasteiger partial charge in [-0.2, -0.15) is 0 Å². The minimum atomic E-state index is -1.29. The summed E-state index contributed by atoms with van der Waals surface area (Å²) in [5.41, 5.74) is 7.18. The van der Waals surface area contributed by atoms with Gasteiger partial charge in [-0.1, -0.05) is 6.07 Å². The lowest BCUT2D eigenvalue weighted by molar-refractivity contribution is -0.134. The van der Waals surface area contributed by atoms with Crippen molar-refractivity contribution in [3.8, 4) is 5.75 Å². The third-order valence-electron chi connectivity index (χ3n) is 10.5. The van der Waals surface area contributed by atoms with Crippen molar-refractivity contribution in [1.82, 2.24) is 19.7 Å². The van der Waals surface area contributed by atoms with E-state index >= 15 is 0 Å². The summed E-state index contributed by atoms with van der Waals surface area (Å²) in [6.07, 6.45) is 3.94. The second-order valence-corrected chi connectivity index (χ2v) is 15.2. The number of benzene rings is 2. The summed E-state index contributed by atoms with van der Waals surface area (Å²) >= 11 is 1.21. The number of aromatic nitrogens is 1. The molecule has 1 unspecified atom stereocenters. The van der Waals surface area contributed by atoms with Gasteiger partial charge in [-0.25, -0.2) is 9.37 Å². The summed E-state index contributed by atoms with van der Waals surface area (Å²) in [5, 5.41) is 15.4. The van der Waals surface area contributed by atoms with Crippen LogP contribution in [0.4, 0.5) is 15.2 Å². The van der Waals surface area contributed by atoms with Gasteiger partial charge in [-0.05, 0) is 48.7 Å². The van der Waals surface area contributed by atoms with Crippen LogP contribution in [-0.2, 0) is 39.9 Å². The fraction of sp³-hybridized carbons (Fsp3) is 0.525. The number of hydrogen-bond donors (Lipinski definition) is 3. The van der Waals surface area contributed by atoms with Gasteiger partial charge in [-0.15, -0.1) is 11.3 Å². The van der Waals surface area contributed by atoms with Crippen LogP contribution >= 0.6 is 11.3 Å². The number of fused-ring (bicyclic) bond motifs is 1. The number of primary amides is 1. The molecule has 6 rings (SSSR count). The molecule has 3 aliphatic heterocycles. The number of thiazole rings is 1. The van der Waals surface area contributed by atoms with E-state index in [9.17, 15) is 28.7 Å². The zero-order chi connectivity index (χ0) is 40.9. The molecular formula is C40H52FN7O9S. The topological polar surface area (TPSA) is 189 Å². The molecular weight excluding hydrogens is 774 g/mol. The first-order valence-corrected chi connectivity index (χ1v) is 20.5. The molecule has 3 aromatic rings. The van der Waals surface area contributed by atoms with Crippen LogP contribution in [0, 0.1) is 5.82 Å². The summed E-state index contributed by atoms with van der Waals surface area (Å²) in [6.45, 7) is 7.79. The van der Waals surface area contributed by atoms with E-state index in [1.54, 1.807) is 11.6 Å². The Bertz CT molecular complexity index is 1840. The summed E-state index contributed by atoms with van der Waals surface area (Å²) in [5.74, 6) is -2.21. The van der Waals surface area contributed by atoms with E-state index in [2.05, 4.69) is 20.1 Å². The van der Waals surface area contributed by atoms with Crippen LogP contribution in [0.5, 0.6) is 5.75 Å². The van der Waals surface area contributed by atoms with E-state index < -0.39 is 23.7 Å². The number of nitrogens with zero attached hydrogens (tertiary/aromatic N) is 5. The van der Waals surface area contributed by atoms with Crippen LogP contribution in [0.3, 0.4) is 0 Å². The van der Waals surface area contributed by atoms with Crippen molar-refractivity contribution in [1.29, 1.82) is 0 Å². The highest BCUT2D eigenvalue weighted by Gasteiger charge is 2.40. The van der Waals surface area contributed by atoms with Crippen LogP contribution in [0.2, 0.25) is 0 Å². The van der Waals surface area contributed by atoms with E-state index in [1.807, 2.05) is 23.1 Å². The molecule has 16 nitrogen and oxygen atoms in total. The van der Waals surface area contributed by atoms with Crippen LogP contribution in [-0.4, -0.2) is 147 Å². The SMILES string of the molecule is NC(=O)CCOCCOCCOCCOCCC(=O)N1CCN(C2CCN(c3ccc4c(c3)C(=O)N(C(C(=O)Nc3nccs3)c3cc(F)ccc3O)C4)CC2)CC1. The van der Waals surface area contributed by atoms with E-state index in [0.717, 1.165) is 62.4 Å². The average molecular weight is 826 g/mol. The molecule has 58 heavy (non-hydrogen) atoms. The Labute approximate surface area is 341 Å². The molecule has 4 amide bonds. The Morgan fingerprint density at radius 3 is 2.17 bits per heavy atom. The number of anilines is 2. The number of nitrogens with two attached hydrogens (primary N) is 1. The highest BCUT2D eigenvalue weighted by molar-refractivity contribution is 7.13. The van der Waals surface area contributed by atoms with Gasteiger partial charge in [0.1, 0.15) is 17.6 Å². The Morgan fingerprint density at radius 1 is 0.879 bits per heavy atom. The van der Waals surface area contributed by atoms with Crippen molar-refractivity contribution in [2.45, 2.75) is 44.3 Å². The smallest absolute Gasteiger partial charge is 0.255 e. The van der Waals surface area contributed by atoms with Gasteiger partial charge in [0.25, 0.3) is 11.8 Å². The van der Waals surface area contributed by atoms with Crippen molar-refractivity contribution < 1.29 is 47.6 Å². The highest BCUT2D eigenvalue weighted by Crippen LogP contribution is 2.38. The Kier molecular flexibility index (Phi) is 15.8. The molecule has 3 aliphatic rings. The van der Waals surface area contributed by atoms with Crippen LogP contribution in [0.15, 0.2) is 48.0 Å². The molecule has 4 N–H and O–H groups in total. The van der Waals surface area contributed by atoms with E-state index in [1.165, 1.54) is 22.3 Å². The zero-order valence-electron chi connectivity index (χ0n) is 32.5. The number of nitrogens with one attached hydrogen (secondary N) is 1. The quantitative estimate of drug-likeness (QED) is 0.134. The predicted molar refractivity (Wildman–Crippen MR) is 213 cm³/mol. The molecule has 0 spiro atoms. The largest absolute Gasteiger partial charge is 0.508 e. The first-order valence-electron chi connectivity index (χ1n) is 19.7. The molecule has 2 saturated heterocycles. The van der Waals surface area contributed by atoms with Gasteiger partial charge in [-0.3, -0.25) is 29.4 Å². The van der Waals surface area contributed by atoms with Crippen LogP contribution in [0.1, 0.15) is 53.2 Å². The number of aromatic hydroxyl groups is 1. The van der Waals surface area contributed by atoms with Crippen molar-refractivity contribution in [3.05, 3.63) is 70.5 Å². The van der Waals surface area contributed by atoms with Gasteiger partial charge in [0.05, 0.1) is 59.3 Å². The summed E-state index contributed by atoms with van der Waals surface area (Å²) in [4.78, 5) is 63.2. The first-order chi connectivity index (χ1) is 28.2. The predicted octanol–water partition coefficient (Wildman–Crippen LogP) is 2.77. The third-order valence-corrected chi connectivity index (χ3v) is 11.2. The molecule has 314 valence electrons. The van der Waals surface area contributed by atoms with Gasteiger partial charge in [0, 0.05) is 86.7 Å². The Hall–Kier alpha value is -4.72. The lowest BCUT2D eigenvalue weighted by atomic mass is 10.0. The van der Waals surface area contributed by atoms with Crippen molar-refractivity contribution in [2.75, 3.05) is 102 Å². The minimum absolute atomic E-state index is 0.00634. The lowest BCUT2D eigenvalue weighted by Gasteiger charge is -2.43. The lowest BCUT2D eigenvalue weighted by Crippen LogP contribution is -2.54. The minimum Gasteiger partial charge on any atom is -0.508 e. The molecule has 2 fully saturated rings. The standard InChI is InChI=1S/C40H52FN7O9S/c41-29-2-4-34(49)33(25-29)37(38(52)44-40-43-9-24-58-40)48-27-28-1-3-31(26-32(28)39(48)53)45-10-5-30(6-11-45)46-12-14-47(15-13-46)36(51)8-17-55-19-21-57-23-22-56-20-18-54-16-7-35(42)50/h1-4,9,24-26,30,37,49H,5-8,10-23,27H2,(H2,42,50)(H,43,44,52). The number of phenols is 1. The van der Waals surface area contributed by atoms with Gasteiger partial charge >= 0.3 is 0 Å². The van der Waals surface area contributed by atoms with Crippen LogP contribution in [0.25, 0.3) is 0 Å².